The van der Waals surface area contributed by atoms with Gasteiger partial charge in [-0.2, -0.15) is 11.8 Å². The number of nitrogens with zero attached hydrogens (tertiary/aromatic N) is 2. The van der Waals surface area contributed by atoms with Gasteiger partial charge in [-0.1, -0.05) is 0 Å². The van der Waals surface area contributed by atoms with Crippen molar-refractivity contribution in [1.29, 1.82) is 0 Å². The summed E-state index contributed by atoms with van der Waals surface area (Å²) in [4.78, 5) is 19.0. The van der Waals surface area contributed by atoms with E-state index in [0.717, 1.165) is 12.8 Å². The van der Waals surface area contributed by atoms with Crippen molar-refractivity contribution in [2.75, 3.05) is 18.6 Å². The molecule has 0 spiro atoms. The first-order valence-electron chi connectivity index (χ1n) is 7.54. The first-order chi connectivity index (χ1) is 10.0. The van der Waals surface area contributed by atoms with Gasteiger partial charge in [-0.15, -0.1) is 0 Å². The molecule has 2 atom stereocenters. The molecular formula is C16H25N3OS. The highest BCUT2D eigenvalue weighted by atomic mass is 32.2. The van der Waals surface area contributed by atoms with Gasteiger partial charge in [-0.3, -0.25) is 4.79 Å². The lowest BCUT2D eigenvalue weighted by Crippen LogP contribution is -2.36. The molecule has 0 saturated heterocycles. The Hall–Kier alpha value is -1.23. The summed E-state index contributed by atoms with van der Waals surface area (Å²) in [6.07, 6.45) is 7.27. The van der Waals surface area contributed by atoms with Crippen LogP contribution in [0.5, 0.6) is 0 Å². The smallest absolute Gasteiger partial charge is 0.257 e. The van der Waals surface area contributed by atoms with Crippen LogP contribution in [0.25, 0.3) is 0 Å². The molecule has 1 aliphatic carbocycles. The second-order valence-corrected chi connectivity index (χ2v) is 7.08. The van der Waals surface area contributed by atoms with Gasteiger partial charge >= 0.3 is 0 Å². The molecule has 1 heterocycles. The third-order valence-corrected chi connectivity index (χ3v) is 5.12. The number of nitrogens with one attached hydrogen (secondary N) is 1. The van der Waals surface area contributed by atoms with E-state index in [4.69, 9.17) is 0 Å². The van der Waals surface area contributed by atoms with E-state index in [1.165, 1.54) is 6.42 Å². The monoisotopic (exact) mass is 307 g/mol. The normalized spacial score (nSPS) is 21.6. The van der Waals surface area contributed by atoms with Crippen LogP contribution in [-0.2, 0) is 0 Å². The summed E-state index contributed by atoms with van der Waals surface area (Å²) in [5, 5.41) is 3.94. The van der Waals surface area contributed by atoms with Gasteiger partial charge in [0.25, 0.3) is 5.91 Å². The fourth-order valence-electron chi connectivity index (χ4n) is 2.81. The SMILES string of the molecule is CSC1CCC(N(C)C(=O)c2cccnc2NC(C)C)C1. The van der Waals surface area contributed by atoms with Crippen molar-refractivity contribution in [2.45, 2.75) is 50.4 Å². The average Bonchev–Trinajstić information content (AvgIpc) is 2.94. The molecule has 1 saturated carbocycles. The molecule has 1 aromatic rings. The standard InChI is InChI=1S/C16H25N3OS/c1-11(2)18-15-14(6-5-9-17-15)16(20)19(3)12-7-8-13(10-12)21-4/h5-6,9,11-13H,7-8,10H2,1-4H3,(H,17,18). The van der Waals surface area contributed by atoms with Gasteiger partial charge in [-0.25, -0.2) is 4.98 Å². The Morgan fingerprint density at radius 3 is 2.86 bits per heavy atom. The van der Waals surface area contributed by atoms with Crippen LogP contribution < -0.4 is 5.32 Å². The summed E-state index contributed by atoms with van der Waals surface area (Å²) in [5.74, 6) is 0.752. The third-order valence-electron chi connectivity index (χ3n) is 4.02. The molecule has 1 amide bonds. The zero-order chi connectivity index (χ0) is 15.4. The summed E-state index contributed by atoms with van der Waals surface area (Å²) in [6.45, 7) is 4.10. The van der Waals surface area contributed by atoms with E-state index in [-0.39, 0.29) is 11.9 Å². The molecule has 0 bridgehead atoms. The summed E-state index contributed by atoms with van der Waals surface area (Å²) >= 11 is 1.91. The minimum Gasteiger partial charge on any atom is -0.367 e. The fourth-order valence-corrected chi connectivity index (χ4v) is 3.59. The molecule has 1 aliphatic rings. The molecule has 2 unspecified atom stereocenters. The maximum atomic E-state index is 12.8. The lowest BCUT2D eigenvalue weighted by atomic mass is 10.1. The molecule has 5 heteroatoms. The number of carbonyl (C=O) groups is 1. The van der Waals surface area contributed by atoms with Crippen molar-refractivity contribution in [1.82, 2.24) is 9.88 Å². The Kier molecular flexibility index (Phi) is 5.51. The van der Waals surface area contributed by atoms with Gasteiger partial charge in [0.15, 0.2) is 0 Å². The maximum Gasteiger partial charge on any atom is 0.257 e. The zero-order valence-corrected chi connectivity index (χ0v) is 14.1. The molecule has 116 valence electrons. The van der Waals surface area contributed by atoms with Crippen LogP contribution >= 0.6 is 11.8 Å². The molecule has 0 aromatic carbocycles. The number of hydrogen-bond acceptors (Lipinski definition) is 4. The van der Waals surface area contributed by atoms with Crippen molar-refractivity contribution in [3.63, 3.8) is 0 Å². The fraction of sp³-hybridized carbons (Fsp3) is 0.625. The van der Waals surface area contributed by atoms with E-state index < -0.39 is 0 Å². The number of carbonyl (C=O) groups excluding carboxylic acids is 1. The topological polar surface area (TPSA) is 45.2 Å². The van der Waals surface area contributed by atoms with Crippen molar-refractivity contribution in [3.8, 4) is 0 Å². The van der Waals surface area contributed by atoms with Crippen LogP contribution in [0.2, 0.25) is 0 Å². The number of hydrogen-bond donors (Lipinski definition) is 1. The molecule has 1 N–H and O–H groups in total. The highest BCUT2D eigenvalue weighted by Gasteiger charge is 2.30. The second-order valence-electron chi connectivity index (χ2n) is 5.94. The largest absolute Gasteiger partial charge is 0.367 e. The molecule has 1 aromatic heterocycles. The van der Waals surface area contributed by atoms with E-state index in [1.807, 2.05) is 49.7 Å². The Balaban J connectivity index is 2.12. The van der Waals surface area contributed by atoms with Gasteiger partial charge in [0, 0.05) is 30.6 Å². The third kappa shape index (κ3) is 3.90. The highest BCUT2D eigenvalue weighted by Crippen LogP contribution is 2.31. The number of anilines is 1. The van der Waals surface area contributed by atoms with Crippen molar-refractivity contribution < 1.29 is 4.79 Å². The zero-order valence-electron chi connectivity index (χ0n) is 13.3. The molecule has 0 aliphatic heterocycles. The van der Waals surface area contributed by atoms with E-state index in [9.17, 15) is 4.79 Å². The lowest BCUT2D eigenvalue weighted by Gasteiger charge is -2.25. The predicted molar refractivity (Wildman–Crippen MR) is 90.0 cm³/mol. The molecule has 2 rings (SSSR count). The summed E-state index contributed by atoms with van der Waals surface area (Å²) in [5.41, 5.74) is 0.668. The number of amides is 1. The van der Waals surface area contributed by atoms with Gasteiger partial charge in [0.2, 0.25) is 0 Å². The predicted octanol–water partition coefficient (Wildman–Crippen LogP) is 3.26. The van der Waals surface area contributed by atoms with Gasteiger partial charge in [0.05, 0.1) is 5.56 Å². The van der Waals surface area contributed by atoms with E-state index in [1.54, 1.807) is 6.20 Å². The molecule has 4 nitrogen and oxygen atoms in total. The Bertz CT molecular complexity index is 492. The van der Waals surface area contributed by atoms with Crippen LogP contribution in [-0.4, -0.2) is 46.4 Å². The lowest BCUT2D eigenvalue weighted by molar-refractivity contribution is 0.0736. The van der Waals surface area contributed by atoms with Crippen molar-refractivity contribution >= 4 is 23.5 Å². The number of aromatic nitrogens is 1. The van der Waals surface area contributed by atoms with Crippen LogP contribution in [0.4, 0.5) is 5.82 Å². The van der Waals surface area contributed by atoms with Crippen LogP contribution in [0, 0.1) is 0 Å². The van der Waals surface area contributed by atoms with Gasteiger partial charge < -0.3 is 10.2 Å². The first kappa shape index (κ1) is 16.1. The van der Waals surface area contributed by atoms with Crippen LogP contribution in [0.15, 0.2) is 18.3 Å². The van der Waals surface area contributed by atoms with E-state index in [2.05, 4.69) is 16.6 Å². The highest BCUT2D eigenvalue weighted by molar-refractivity contribution is 7.99. The Morgan fingerprint density at radius 1 is 1.48 bits per heavy atom. The minimum atomic E-state index is 0.0676. The van der Waals surface area contributed by atoms with Gasteiger partial charge in [0.1, 0.15) is 5.82 Å². The molecule has 0 radical (unpaired) electrons. The van der Waals surface area contributed by atoms with Crippen LogP contribution in [0.3, 0.4) is 0 Å². The maximum absolute atomic E-state index is 12.8. The average molecular weight is 307 g/mol. The summed E-state index contributed by atoms with van der Waals surface area (Å²) < 4.78 is 0. The van der Waals surface area contributed by atoms with E-state index in [0.29, 0.717) is 22.7 Å². The first-order valence-corrected chi connectivity index (χ1v) is 8.83. The molecular weight excluding hydrogens is 282 g/mol. The van der Waals surface area contributed by atoms with E-state index >= 15 is 0 Å². The Labute approximate surface area is 131 Å². The number of rotatable bonds is 5. The summed E-state index contributed by atoms with van der Waals surface area (Å²) in [6, 6.07) is 4.29. The number of thioether (sulfide) groups is 1. The number of pyridine rings is 1. The Morgan fingerprint density at radius 2 is 2.24 bits per heavy atom. The quantitative estimate of drug-likeness (QED) is 0.907. The minimum absolute atomic E-state index is 0.0676. The molecule has 1 fully saturated rings. The summed E-state index contributed by atoms with van der Waals surface area (Å²) in [7, 11) is 1.92. The second kappa shape index (κ2) is 7.16. The van der Waals surface area contributed by atoms with Gasteiger partial charge in [-0.05, 0) is 51.5 Å². The molecule has 21 heavy (non-hydrogen) atoms. The van der Waals surface area contributed by atoms with Crippen molar-refractivity contribution in [2.24, 2.45) is 0 Å². The van der Waals surface area contributed by atoms with Crippen molar-refractivity contribution in [3.05, 3.63) is 23.9 Å². The van der Waals surface area contributed by atoms with Crippen LogP contribution in [0.1, 0.15) is 43.5 Å².